The van der Waals surface area contributed by atoms with E-state index >= 15 is 0 Å². The van der Waals surface area contributed by atoms with Crippen LogP contribution in [0, 0.1) is 35.5 Å². The molecule has 0 aliphatic carbocycles. The SMILES string of the molecule is CC(C)CCCC(C)CCCC(C)CCCCC(C)CCCC(C)CCCC(C)C.Cl. The Morgan fingerprint density at radius 1 is 0.290 bits per heavy atom. The Bertz CT molecular complexity index is 314. The Kier molecular flexibility index (Phi) is 23.9. The highest BCUT2D eigenvalue weighted by Gasteiger charge is 2.09. The van der Waals surface area contributed by atoms with Crippen molar-refractivity contribution in [3.05, 3.63) is 0 Å². The minimum atomic E-state index is 0. The molecule has 4 atom stereocenters. The first kappa shape index (κ1) is 33.5. The van der Waals surface area contributed by atoms with Gasteiger partial charge in [-0.15, -0.1) is 12.4 Å². The predicted molar refractivity (Wildman–Crippen MR) is 147 cm³/mol. The first-order valence-electron chi connectivity index (χ1n) is 14.2. The quantitative estimate of drug-likeness (QED) is 0.150. The molecule has 0 saturated carbocycles. The van der Waals surface area contributed by atoms with Crippen LogP contribution < -0.4 is 0 Å². The summed E-state index contributed by atoms with van der Waals surface area (Å²) >= 11 is 0. The van der Waals surface area contributed by atoms with Gasteiger partial charge in [-0.05, 0) is 35.5 Å². The van der Waals surface area contributed by atoms with Gasteiger partial charge >= 0.3 is 0 Å². The van der Waals surface area contributed by atoms with Crippen molar-refractivity contribution in [2.45, 2.75) is 158 Å². The van der Waals surface area contributed by atoms with Gasteiger partial charge in [0.1, 0.15) is 0 Å². The fraction of sp³-hybridized carbons (Fsp3) is 1.00. The van der Waals surface area contributed by atoms with Gasteiger partial charge in [-0.25, -0.2) is 0 Å². The van der Waals surface area contributed by atoms with Gasteiger partial charge in [-0.1, -0.05) is 158 Å². The second-order valence-electron chi connectivity index (χ2n) is 12.2. The van der Waals surface area contributed by atoms with E-state index in [-0.39, 0.29) is 12.4 Å². The minimum Gasteiger partial charge on any atom is -0.147 e. The number of hydrogen-bond acceptors (Lipinski definition) is 0. The smallest absolute Gasteiger partial charge is 0.0443 e. The van der Waals surface area contributed by atoms with E-state index in [0.717, 1.165) is 35.5 Å². The molecule has 0 N–H and O–H groups in total. The van der Waals surface area contributed by atoms with Gasteiger partial charge in [-0.3, -0.25) is 0 Å². The lowest BCUT2D eigenvalue weighted by atomic mass is 9.90. The molecule has 190 valence electrons. The van der Waals surface area contributed by atoms with Gasteiger partial charge in [0.05, 0.1) is 0 Å². The molecule has 4 unspecified atom stereocenters. The molecule has 0 aromatic heterocycles. The highest BCUT2D eigenvalue weighted by atomic mass is 35.5. The molecule has 31 heavy (non-hydrogen) atoms. The van der Waals surface area contributed by atoms with Crippen molar-refractivity contribution in [3.63, 3.8) is 0 Å². The van der Waals surface area contributed by atoms with Gasteiger partial charge in [0.2, 0.25) is 0 Å². The molecule has 0 fully saturated rings. The molecular weight excluding hydrogens is 396 g/mol. The topological polar surface area (TPSA) is 0 Å². The van der Waals surface area contributed by atoms with Crippen molar-refractivity contribution >= 4 is 12.4 Å². The van der Waals surface area contributed by atoms with E-state index in [0.29, 0.717) is 0 Å². The van der Waals surface area contributed by atoms with Gasteiger partial charge in [0, 0.05) is 0 Å². The average Bonchev–Trinajstić information content (AvgIpc) is 2.64. The Hall–Kier alpha value is 0.290. The molecule has 0 aliphatic rings. The van der Waals surface area contributed by atoms with E-state index in [9.17, 15) is 0 Å². The molecular formula is C30H63Cl. The summed E-state index contributed by atoms with van der Waals surface area (Å²) in [7, 11) is 0. The summed E-state index contributed by atoms with van der Waals surface area (Å²) in [4.78, 5) is 0. The van der Waals surface area contributed by atoms with E-state index in [1.807, 2.05) is 0 Å². The molecule has 0 rings (SSSR count). The molecule has 0 aromatic carbocycles. The Morgan fingerprint density at radius 2 is 0.484 bits per heavy atom. The van der Waals surface area contributed by atoms with E-state index < -0.39 is 0 Å². The maximum atomic E-state index is 2.49. The second kappa shape index (κ2) is 22.1. The van der Waals surface area contributed by atoms with Crippen LogP contribution >= 0.6 is 12.4 Å². The van der Waals surface area contributed by atoms with Crippen molar-refractivity contribution in [3.8, 4) is 0 Å². The van der Waals surface area contributed by atoms with Gasteiger partial charge in [-0.2, -0.15) is 0 Å². The zero-order chi connectivity index (χ0) is 22.8. The van der Waals surface area contributed by atoms with Crippen molar-refractivity contribution < 1.29 is 0 Å². The first-order chi connectivity index (χ1) is 14.2. The number of hydrogen-bond donors (Lipinski definition) is 0. The van der Waals surface area contributed by atoms with E-state index in [1.54, 1.807) is 0 Å². The fourth-order valence-electron chi connectivity index (χ4n) is 4.94. The van der Waals surface area contributed by atoms with Crippen molar-refractivity contribution in [1.82, 2.24) is 0 Å². The lowest BCUT2D eigenvalue weighted by Gasteiger charge is -2.16. The standard InChI is InChI=1S/C30H62.ClH/c1-25(2)15-11-19-29(7)23-13-21-27(5)17-9-10-18-28(6)22-14-24-30(8)20-12-16-26(3)4;/h25-30H,9-24H2,1-8H3;1H. The third kappa shape index (κ3) is 24.8. The van der Waals surface area contributed by atoms with Gasteiger partial charge in [0.15, 0.2) is 0 Å². The third-order valence-corrected chi connectivity index (χ3v) is 7.39. The molecule has 0 heterocycles. The zero-order valence-corrected chi connectivity index (χ0v) is 24.0. The molecule has 0 bridgehead atoms. The third-order valence-electron chi connectivity index (χ3n) is 7.39. The molecule has 0 aliphatic heterocycles. The van der Waals surface area contributed by atoms with Crippen LogP contribution in [0.2, 0.25) is 0 Å². The fourth-order valence-corrected chi connectivity index (χ4v) is 4.94. The van der Waals surface area contributed by atoms with Crippen molar-refractivity contribution in [2.24, 2.45) is 35.5 Å². The predicted octanol–water partition coefficient (Wildman–Crippen LogP) is 11.5. The number of halogens is 1. The second-order valence-corrected chi connectivity index (χ2v) is 12.2. The molecule has 0 spiro atoms. The summed E-state index contributed by atoms with van der Waals surface area (Å²) < 4.78 is 0. The van der Waals surface area contributed by atoms with Crippen LogP contribution in [0.25, 0.3) is 0 Å². The van der Waals surface area contributed by atoms with Gasteiger partial charge < -0.3 is 0 Å². The Balaban J connectivity index is 0. The summed E-state index contributed by atoms with van der Waals surface area (Å²) in [5, 5.41) is 0. The van der Waals surface area contributed by atoms with Crippen LogP contribution in [0.3, 0.4) is 0 Å². The molecule has 0 nitrogen and oxygen atoms in total. The minimum absolute atomic E-state index is 0. The van der Waals surface area contributed by atoms with Crippen molar-refractivity contribution in [1.29, 1.82) is 0 Å². The zero-order valence-electron chi connectivity index (χ0n) is 23.2. The largest absolute Gasteiger partial charge is 0.147 e. The van der Waals surface area contributed by atoms with Crippen LogP contribution in [0.5, 0.6) is 0 Å². The van der Waals surface area contributed by atoms with Crippen LogP contribution in [0.15, 0.2) is 0 Å². The molecule has 0 aromatic rings. The molecule has 0 radical (unpaired) electrons. The summed E-state index contributed by atoms with van der Waals surface area (Å²) in [6.07, 6.45) is 23.2. The Labute approximate surface area is 205 Å². The molecule has 0 saturated heterocycles. The van der Waals surface area contributed by atoms with Crippen LogP contribution in [0.1, 0.15) is 158 Å². The molecule has 1 heteroatoms. The summed E-state index contributed by atoms with van der Waals surface area (Å²) in [6.45, 7) is 19.3. The summed E-state index contributed by atoms with van der Waals surface area (Å²) in [5.41, 5.74) is 0. The number of rotatable bonds is 21. The average molecular weight is 459 g/mol. The monoisotopic (exact) mass is 458 g/mol. The van der Waals surface area contributed by atoms with Crippen LogP contribution in [-0.2, 0) is 0 Å². The van der Waals surface area contributed by atoms with Crippen LogP contribution in [0.4, 0.5) is 0 Å². The highest BCUT2D eigenvalue weighted by Crippen LogP contribution is 2.24. The highest BCUT2D eigenvalue weighted by molar-refractivity contribution is 5.85. The summed E-state index contributed by atoms with van der Waals surface area (Å²) in [5.74, 6) is 5.51. The lowest BCUT2D eigenvalue weighted by molar-refractivity contribution is 0.369. The van der Waals surface area contributed by atoms with E-state index in [1.165, 1.54) is 103 Å². The van der Waals surface area contributed by atoms with E-state index in [4.69, 9.17) is 0 Å². The van der Waals surface area contributed by atoms with E-state index in [2.05, 4.69) is 55.4 Å². The summed E-state index contributed by atoms with van der Waals surface area (Å²) in [6, 6.07) is 0. The lowest BCUT2D eigenvalue weighted by Crippen LogP contribution is -2.01. The van der Waals surface area contributed by atoms with Crippen LogP contribution in [-0.4, -0.2) is 0 Å². The Morgan fingerprint density at radius 3 is 0.710 bits per heavy atom. The van der Waals surface area contributed by atoms with Gasteiger partial charge in [0.25, 0.3) is 0 Å². The van der Waals surface area contributed by atoms with Crippen molar-refractivity contribution in [2.75, 3.05) is 0 Å². The molecule has 0 amide bonds. The number of unbranched alkanes of at least 4 members (excludes halogenated alkanes) is 1. The normalized spacial score (nSPS) is 15.7. The first-order valence-corrected chi connectivity index (χ1v) is 14.2. The maximum Gasteiger partial charge on any atom is -0.0443 e. The maximum absolute atomic E-state index is 2.49.